The van der Waals surface area contributed by atoms with Gasteiger partial charge in [-0.05, 0) is 29.2 Å². The fourth-order valence-corrected chi connectivity index (χ4v) is 4.23. The van der Waals surface area contributed by atoms with Crippen molar-refractivity contribution in [1.29, 1.82) is 0 Å². The van der Waals surface area contributed by atoms with Gasteiger partial charge in [0.05, 0.1) is 29.3 Å². The number of methoxy groups -OCH3 is 1. The van der Waals surface area contributed by atoms with Crippen molar-refractivity contribution < 1.29 is 9.53 Å². The third-order valence-corrected chi connectivity index (χ3v) is 6.39. The van der Waals surface area contributed by atoms with Gasteiger partial charge in [-0.3, -0.25) is 4.79 Å². The van der Waals surface area contributed by atoms with Crippen molar-refractivity contribution in [3.63, 3.8) is 0 Å². The van der Waals surface area contributed by atoms with Crippen molar-refractivity contribution in [1.82, 2.24) is 24.7 Å². The summed E-state index contributed by atoms with van der Waals surface area (Å²) in [5, 5.41) is 9.77. The summed E-state index contributed by atoms with van der Waals surface area (Å²) in [4.78, 5) is 31.6. The number of aromatic nitrogens is 5. The summed E-state index contributed by atoms with van der Waals surface area (Å²) in [6.07, 6.45) is 0. The summed E-state index contributed by atoms with van der Waals surface area (Å²) >= 11 is 1.42. The fourth-order valence-electron chi connectivity index (χ4n) is 3.45. The second-order valence-electron chi connectivity index (χ2n) is 8.72. The van der Waals surface area contributed by atoms with Gasteiger partial charge in [-0.1, -0.05) is 56.8 Å². The third-order valence-electron chi connectivity index (χ3n) is 5.36. The standard InChI is InChI=1S/C24H25N5O3S/c1-24(2,3)16-9-6-14(7-10-16)20-27-28-23(29(20)4)33-13-19-25-18-12-15(22(31)32-5)8-11-17(18)21(30)26-19/h6-12H,13H2,1-5H3,(H,25,26,30). The van der Waals surface area contributed by atoms with Crippen LogP contribution in [-0.2, 0) is 23.0 Å². The first-order valence-electron chi connectivity index (χ1n) is 10.4. The van der Waals surface area contributed by atoms with E-state index in [0.29, 0.717) is 33.2 Å². The van der Waals surface area contributed by atoms with Gasteiger partial charge in [0, 0.05) is 12.6 Å². The molecule has 0 fully saturated rings. The van der Waals surface area contributed by atoms with E-state index in [0.717, 1.165) is 11.4 Å². The number of thioether (sulfide) groups is 1. The first-order valence-corrected chi connectivity index (χ1v) is 11.4. The van der Waals surface area contributed by atoms with Crippen LogP contribution in [0, 0.1) is 0 Å². The number of carbonyl (C=O) groups is 1. The number of carbonyl (C=O) groups excluding carboxylic acids is 1. The van der Waals surface area contributed by atoms with Gasteiger partial charge in [-0.15, -0.1) is 10.2 Å². The molecule has 1 N–H and O–H groups in total. The van der Waals surface area contributed by atoms with E-state index in [9.17, 15) is 9.59 Å². The van der Waals surface area contributed by atoms with Crippen molar-refractivity contribution >= 4 is 28.6 Å². The quantitative estimate of drug-likeness (QED) is 0.351. The van der Waals surface area contributed by atoms with E-state index in [4.69, 9.17) is 4.74 Å². The zero-order chi connectivity index (χ0) is 23.8. The molecule has 0 amide bonds. The molecule has 4 rings (SSSR count). The number of fused-ring (bicyclic) bond motifs is 1. The van der Waals surface area contributed by atoms with Crippen molar-refractivity contribution in [3.05, 3.63) is 69.8 Å². The summed E-state index contributed by atoms with van der Waals surface area (Å²) in [5.41, 5.74) is 2.85. The Morgan fingerprint density at radius 2 is 1.85 bits per heavy atom. The van der Waals surface area contributed by atoms with Crippen LogP contribution >= 0.6 is 11.8 Å². The molecular formula is C24H25N5O3S. The molecule has 2 heterocycles. The number of nitrogens with zero attached hydrogens (tertiary/aromatic N) is 4. The molecule has 2 aromatic carbocycles. The molecule has 9 heteroatoms. The van der Waals surface area contributed by atoms with Crippen molar-refractivity contribution in [2.75, 3.05) is 7.11 Å². The van der Waals surface area contributed by atoms with E-state index < -0.39 is 5.97 Å². The number of H-pyrrole nitrogens is 1. The van der Waals surface area contributed by atoms with Crippen LogP contribution in [0.5, 0.6) is 0 Å². The van der Waals surface area contributed by atoms with E-state index in [1.165, 1.54) is 24.4 Å². The highest BCUT2D eigenvalue weighted by Gasteiger charge is 2.16. The second kappa shape index (κ2) is 8.82. The largest absolute Gasteiger partial charge is 0.465 e. The zero-order valence-corrected chi connectivity index (χ0v) is 20.0. The van der Waals surface area contributed by atoms with Crippen LogP contribution in [0.3, 0.4) is 0 Å². The van der Waals surface area contributed by atoms with E-state index in [1.807, 2.05) is 11.6 Å². The topological polar surface area (TPSA) is 103 Å². The zero-order valence-electron chi connectivity index (χ0n) is 19.2. The van der Waals surface area contributed by atoms with Gasteiger partial charge in [-0.2, -0.15) is 0 Å². The highest BCUT2D eigenvalue weighted by molar-refractivity contribution is 7.98. The molecule has 2 aromatic heterocycles. The maximum absolute atomic E-state index is 12.5. The molecule has 0 unspecified atom stereocenters. The Morgan fingerprint density at radius 1 is 1.12 bits per heavy atom. The average Bonchev–Trinajstić information content (AvgIpc) is 3.16. The molecule has 0 saturated heterocycles. The number of aromatic amines is 1. The van der Waals surface area contributed by atoms with E-state index in [-0.39, 0.29) is 11.0 Å². The minimum absolute atomic E-state index is 0.0841. The predicted molar refractivity (Wildman–Crippen MR) is 128 cm³/mol. The first kappa shape index (κ1) is 22.7. The van der Waals surface area contributed by atoms with Crippen molar-refractivity contribution in [2.24, 2.45) is 7.05 Å². The molecule has 0 aliphatic heterocycles. The monoisotopic (exact) mass is 463 g/mol. The smallest absolute Gasteiger partial charge is 0.337 e. The van der Waals surface area contributed by atoms with E-state index >= 15 is 0 Å². The molecule has 0 saturated carbocycles. The lowest BCUT2D eigenvalue weighted by Crippen LogP contribution is -2.12. The molecule has 33 heavy (non-hydrogen) atoms. The summed E-state index contributed by atoms with van der Waals surface area (Å²) < 4.78 is 6.67. The number of hydrogen-bond donors (Lipinski definition) is 1. The molecule has 0 atom stereocenters. The number of hydrogen-bond acceptors (Lipinski definition) is 7. The molecule has 170 valence electrons. The number of rotatable bonds is 5. The molecule has 4 aromatic rings. The maximum Gasteiger partial charge on any atom is 0.337 e. The van der Waals surface area contributed by atoms with E-state index in [2.05, 4.69) is 65.2 Å². The lowest BCUT2D eigenvalue weighted by atomic mass is 9.87. The van der Waals surface area contributed by atoms with Crippen LogP contribution in [0.2, 0.25) is 0 Å². The lowest BCUT2D eigenvalue weighted by molar-refractivity contribution is 0.0601. The average molecular weight is 464 g/mol. The second-order valence-corrected chi connectivity index (χ2v) is 9.66. The predicted octanol–water partition coefficient (Wildman–Crippen LogP) is 4.10. The summed E-state index contributed by atoms with van der Waals surface area (Å²) in [6.45, 7) is 6.54. The summed E-state index contributed by atoms with van der Waals surface area (Å²) in [5.74, 6) is 1.17. The van der Waals surface area contributed by atoms with Crippen LogP contribution < -0.4 is 5.56 Å². The van der Waals surface area contributed by atoms with Crippen LogP contribution in [-0.4, -0.2) is 37.8 Å². The van der Waals surface area contributed by atoms with Gasteiger partial charge in [0.15, 0.2) is 11.0 Å². The maximum atomic E-state index is 12.5. The lowest BCUT2D eigenvalue weighted by Gasteiger charge is -2.19. The first-order chi connectivity index (χ1) is 15.7. The van der Waals surface area contributed by atoms with Crippen LogP contribution in [0.25, 0.3) is 22.3 Å². The SMILES string of the molecule is COC(=O)c1ccc2c(=O)[nH]c(CSc3nnc(-c4ccc(C(C)(C)C)cc4)n3C)nc2c1. The Morgan fingerprint density at radius 3 is 2.52 bits per heavy atom. The number of ether oxygens (including phenoxy) is 1. The third kappa shape index (κ3) is 4.68. The molecule has 0 bridgehead atoms. The summed E-state index contributed by atoms with van der Waals surface area (Å²) in [6, 6.07) is 13.0. The minimum Gasteiger partial charge on any atom is -0.465 e. The molecule has 8 nitrogen and oxygen atoms in total. The molecular weight excluding hydrogens is 438 g/mol. The van der Waals surface area contributed by atoms with Crippen molar-refractivity contribution in [3.8, 4) is 11.4 Å². The normalized spacial score (nSPS) is 11.7. The van der Waals surface area contributed by atoms with Gasteiger partial charge in [0.25, 0.3) is 5.56 Å². The molecule has 0 aliphatic carbocycles. The fraction of sp³-hybridized carbons (Fsp3) is 0.292. The summed E-state index contributed by atoms with van der Waals surface area (Å²) in [7, 11) is 3.22. The Labute approximate surface area is 195 Å². The highest BCUT2D eigenvalue weighted by Crippen LogP contribution is 2.27. The van der Waals surface area contributed by atoms with Crippen LogP contribution in [0.15, 0.2) is 52.4 Å². The Hall–Kier alpha value is -3.46. The van der Waals surface area contributed by atoms with Gasteiger partial charge in [-0.25, -0.2) is 9.78 Å². The number of nitrogens with one attached hydrogen (secondary N) is 1. The van der Waals surface area contributed by atoms with Crippen LogP contribution in [0.1, 0.15) is 42.5 Å². The van der Waals surface area contributed by atoms with Crippen molar-refractivity contribution in [2.45, 2.75) is 37.1 Å². The molecule has 0 aliphatic rings. The molecule has 0 spiro atoms. The Bertz CT molecular complexity index is 1380. The van der Waals surface area contributed by atoms with E-state index in [1.54, 1.807) is 18.2 Å². The Balaban J connectivity index is 1.55. The highest BCUT2D eigenvalue weighted by atomic mass is 32.2. The van der Waals surface area contributed by atoms with Crippen LogP contribution in [0.4, 0.5) is 0 Å². The molecule has 0 radical (unpaired) electrons. The van der Waals surface area contributed by atoms with Gasteiger partial charge in [0.2, 0.25) is 0 Å². The van der Waals surface area contributed by atoms with Gasteiger partial charge in [0.1, 0.15) is 5.82 Å². The Kier molecular flexibility index (Phi) is 6.07. The minimum atomic E-state index is -0.475. The van der Waals surface area contributed by atoms with Gasteiger partial charge >= 0.3 is 5.97 Å². The van der Waals surface area contributed by atoms with Gasteiger partial charge < -0.3 is 14.3 Å². The number of esters is 1. The number of benzene rings is 2.